The second-order valence-electron chi connectivity index (χ2n) is 3.12. The smallest absolute Gasteiger partial charge is 0.170 e. The van der Waals surface area contributed by atoms with Crippen molar-refractivity contribution in [2.45, 2.75) is 6.92 Å². The van der Waals surface area contributed by atoms with Crippen molar-refractivity contribution in [1.29, 1.82) is 0 Å². The van der Waals surface area contributed by atoms with Gasteiger partial charge in [0, 0.05) is 5.69 Å². The Morgan fingerprint density at radius 2 is 2.00 bits per heavy atom. The van der Waals surface area contributed by atoms with E-state index in [2.05, 4.69) is 4.98 Å². The number of para-hydroxylation sites is 1. The summed E-state index contributed by atoms with van der Waals surface area (Å²) in [7, 11) is 0. The van der Waals surface area contributed by atoms with Crippen molar-refractivity contribution in [3.05, 3.63) is 47.0 Å². The minimum Gasteiger partial charge on any atom is -0.296 e. The van der Waals surface area contributed by atoms with E-state index < -0.39 is 0 Å². The molecule has 0 aliphatic heterocycles. The number of aldehydes is 1. The van der Waals surface area contributed by atoms with Gasteiger partial charge in [0.15, 0.2) is 11.4 Å². The molecule has 0 radical (unpaired) electrons. The van der Waals surface area contributed by atoms with Gasteiger partial charge in [-0.15, -0.1) is 0 Å². The number of imidazole rings is 1. The van der Waals surface area contributed by atoms with Gasteiger partial charge in [-0.1, -0.05) is 29.8 Å². The zero-order valence-electron chi connectivity index (χ0n) is 8.14. The third-order valence-electron chi connectivity index (χ3n) is 2.16. The molecule has 1 aromatic heterocycles. The van der Waals surface area contributed by atoms with E-state index in [0.717, 1.165) is 12.0 Å². The van der Waals surface area contributed by atoms with Gasteiger partial charge in [-0.05, 0) is 19.1 Å². The quantitative estimate of drug-likeness (QED) is 0.730. The van der Waals surface area contributed by atoms with Crippen LogP contribution in [0.15, 0.2) is 30.3 Å². The van der Waals surface area contributed by atoms with Crippen LogP contribution in [0, 0.1) is 6.92 Å². The van der Waals surface area contributed by atoms with Gasteiger partial charge in [-0.3, -0.25) is 9.36 Å². The van der Waals surface area contributed by atoms with Gasteiger partial charge in [0.1, 0.15) is 11.5 Å². The SMILES string of the molecule is Cc1nc(Cl)c(C=O)n1-c1ccccc1. The predicted molar refractivity (Wildman–Crippen MR) is 58.7 cm³/mol. The lowest BCUT2D eigenvalue weighted by Crippen LogP contribution is -2.01. The van der Waals surface area contributed by atoms with Crippen LogP contribution in [-0.4, -0.2) is 15.8 Å². The summed E-state index contributed by atoms with van der Waals surface area (Å²) >= 11 is 5.84. The Labute approximate surface area is 92.3 Å². The van der Waals surface area contributed by atoms with Gasteiger partial charge >= 0.3 is 0 Å². The van der Waals surface area contributed by atoms with Gasteiger partial charge in [-0.25, -0.2) is 4.98 Å². The zero-order valence-corrected chi connectivity index (χ0v) is 8.90. The number of aromatic nitrogens is 2. The van der Waals surface area contributed by atoms with Gasteiger partial charge < -0.3 is 0 Å². The topological polar surface area (TPSA) is 34.9 Å². The summed E-state index contributed by atoms with van der Waals surface area (Å²) < 4.78 is 1.73. The van der Waals surface area contributed by atoms with Crippen LogP contribution in [0.4, 0.5) is 0 Å². The van der Waals surface area contributed by atoms with Crippen LogP contribution in [0.5, 0.6) is 0 Å². The first-order valence-electron chi connectivity index (χ1n) is 4.49. The Morgan fingerprint density at radius 1 is 1.33 bits per heavy atom. The van der Waals surface area contributed by atoms with Gasteiger partial charge in [-0.2, -0.15) is 0 Å². The standard InChI is InChI=1S/C11H9ClN2O/c1-8-13-11(12)10(7-15)14(8)9-5-3-2-4-6-9/h2-7H,1H3. The monoisotopic (exact) mass is 220 g/mol. The molecular formula is C11H9ClN2O. The predicted octanol–water partition coefficient (Wildman–Crippen LogP) is 2.65. The maximum Gasteiger partial charge on any atom is 0.170 e. The van der Waals surface area contributed by atoms with Crippen molar-refractivity contribution in [3.8, 4) is 5.69 Å². The lowest BCUT2D eigenvalue weighted by molar-refractivity contribution is 0.111. The molecule has 4 heteroatoms. The maximum atomic E-state index is 10.9. The molecule has 0 amide bonds. The van der Waals surface area contributed by atoms with Crippen molar-refractivity contribution in [3.63, 3.8) is 0 Å². The van der Waals surface area contributed by atoms with Gasteiger partial charge in [0.05, 0.1) is 0 Å². The van der Waals surface area contributed by atoms with Crippen LogP contribution >= 0.6 is 11.6 Å². The van der Waals surface area contributed by atoms with E-state index >= 15 is 0 Å². The Hall–Kier alpha value is -1.61. The summed E-state index contributed by atoms with van der Waals surface area (Å²) in [5, 5.41) is 0.242. The van der Waals surface area contributed by atoms with Crippen LogP contribution in [0.1, 0.15) is 16.3 Å². The molecule has 1 heterocycles. The highest BCUT2D eigenvalue weighted by atomic mass is 35.5. The molecule has 15 heavy (non-hydrogen) atoms. The molecule has 0 atom stereocenters. The van der Waals surface area contributed by atoms with Crippen molar-refractivity contribution in [2.24, 2.45) is 0 Å². The second-order valence-corrected chi connectivity index (χ2v) is 3.48. The molecule has 0 N–H and O–H groups in total. The Kier molecular flexibility index (Phi) is 2.56. The van der Waals surface area contributed by atoms with Crippen molar-refractivity contribution >= 4 is 17.9 Å². The molecule has 0 aliphatic rings. The van der Waals surface area contributed by atoms with E-state index in [9.17, 15) is 4.79 Å². The number of rotatable bonds is 2. The summed E-state index contributed by atoms with van der Waals surface area (Å²) in [5.74, 6) is 0.702. The summed E-state index contributed by atoms with van der Waals surface area (Å²) in [6, 6.07) is 9.52. The summed E-state index contributed by atoms with van der Waals surface area (Å²) in [6.45, 7) is 1.81. The first-order valence-corrected chi connectivity index (χ1v) is 4.87. The molecule has 0 unspecified atom stereocenters. The number of halogens is 1. The molecular weight excluding hydrogens is 212 g/mol. The fourth-order valence-electron chi connectivity index (χ4n) is 1.52. The molecule has 3 nitrogen and oxygen atoms in total. The number of aryl methyl sites for hydroxylation is 1. The Balaban J connectivity index is 2.67. The molecule has 0 saturated carbocycles. The molecule has 0 aliphatic carbocycles. The molecule has 0 saturated heterocycles. The summed E-state index contributed by atoms with van der Waals surface area (Å²) in [6.07, 6.45) is 0.718. The number of hydrogen-bond donors (Lipinski definition) is 0. The molecule has 1 aromatic carbocycles. The van der Waals surface area contributed by atoms with E-state index in [4.69, 9.17) is 11.6 Å². The highest BCUT2D eigenvalue weighted by Crippen LogP contribution is 2.19. The Morgan fingerprint density at radius 3 is 2.60 bits per heavy atom. The van der Waals surface area contributed by atoms with E-state index in [1.54, 1.807) is 4.57 Å². The molecule has 0 spiro atoms. The maximum absolute atomic E-state index is 10.9. The average molecular weight is 221 g/mol. The number of carbonyl (C=O) groups excluding carboxylic acids is 1. The fraction of sp³-hybridized carbons (Fsp3) is 0.0909. The molecule has 0 fully saturated rings. The highest BCUT2D eigenvalue weighted by Gasteiger charge is 2.12. The van der Waals surface area contributed by atoms with Crippen LogP contribution in [0.2, 0.25) is 5.15 Å². The van der Waals surface area contributed by atoms with E-state index in [1.807, 2.05) is 37.3 Å². The lowest BCUT2D eigenvalue weighted by Gasteiger charge is -2.05. The summed E-state index contributed by atoms with van der Waals surface area (Å²) in [4.78, 5) is 14.9. The highest BCUT2D eigenvalue weighted by molar-refractivity contribution is 6.31. The molecule has 76 valence electrons. The second kappa shape index (κ2) is 3.87. The van der Waals surface area contributed by atoms with E-state index in [1.165, 1.54) is 0 Å². The van der Waals surface area contributed by atoms with Crippen molar-refractivity contribution in [2.75, 3.05) is 0 Å². The van der Waals surface area contributed by atoms with Crippen LogP contribution in [-0.2, 0) is 0 Å². The fourth-order valence-corrected chi connectivity index (χ4v) is 1.77. The third kappa shape index (κ3) is 1.66. The van der Waals surface area contributed by atoms with Gasteiger partial charge in [0.25, 0.3) is 0 Å². The third-order valence-corrected chi connectivity index (χ3v) is 2.44. The largest absolute Gasteiger partial charge is 0.296 e. The number of benzene rings is 1. The minimum absolute atomic E-state index is 0.242. The van der Waals surface area contributed by atoms with Crippen LogP contribution in [0.25, 0.3) is 5.69 Å². The van der Waals surface area contributed by atoms with Crippen LogP contribution in [0.3, 0.4) is 0 Å². The number of hydrogen-bond acceptors (Lipinski definition) is 2. The number of nitrogens with zero attached hydrogens (tertiary/aromatic N) is 2. The van der Waals surface area contributed by atoms with Crippen molar-refractivity contribution in [1.82, 2.24) is 9.55 Å². The van der Waals surface area contributed by atoms with E-state index in [-0.39, 0.29) is 5.15 Å². The first kappa shape index (κ1) is 9.93. The first-order chi connectivity index (χ1) is 7.24. The molecule has 0 bridgehead atoms. The Bertz CT molecular complexity index is 491. The average Bonchev–Trinajstić information content (AvgIpc) is 2.54. The minimum atomic E-state index is 0.242. The van der Waals surface area contributed by atoms with Crippen LogP contribution < -0.4 is 0 Å². The normalized spacial score (nSPS) is 10.3. The molecule has 2 rings (SSSR count). The number of carbonyl (C=O) groups is 1. The molecule has 2 aromatic rings. The zero-order chi connectivity index (χ0) is 10.8. The van der Waals surface area contributed by atoms with Gasteiger partial charge in [0.2, 0.25) is 0 Å². The lowest BCUT2D eigenvalue weighted by atomic mass is 10.3. The summed E-state index contributed by atoms with van der Waals surface area (Å²) in [5.41, 5.74) is 1.27. The van der Waals surface area contributed by atoms with E-state index in [0.29, 0.717) is 11.5 Å². The van der Waals surface area contributed by atoms with Crippen molar-refractivity contribution < 1.29 is 4.79 Å².